The monoisotopic (exact) mass is 253 g/mol. The fourth-order valence-corrected chi connectivity index (χ4v) is 2.71. The maximum Gasteiger partial charge on any atom is 0.127 e. The second kappa shape index (κ2) is 4.39. The van der Waals surface area contributed by atoms with Crippen molar-refractivity contribution in [1.82, 2.24) is 0 Å². The summed E-state index contributed by atoms with van der Waals surface area (Å²) in [7, 11) is 0. The number of ether oxygens (including phenoxy) is 1. The van der Waals surface area contributed by atoms with Crippen LogP contribution in [0.3, 0.4) is 0 Å². The summed E-state index contributed by atoms with van der Waals surface area (Å²) >= 11 is 0. The lowest BCUT2D eigenvalue weighted by Crippen LogP contribution is -2.06. The van der Waals surface area contributed by atoms with Gasteiger partial charge in [-0.2, -0.15) is 0 Å². The molecule has 2 aromatic rings. The van der Waals surface area contributed by atoms with Gasteiger partial charge in [-0.25, -0.2) is 0 Å². The van der Waals surface area contributed by atoms with Gasteiger partial charge in [0.15, 0.2) is 0 Å². The molecule has 0 bridgehead atoms. The molecule has 3 rings (SSSR count). The van der Waals surface area contributed by atoms with Crippen molar-refractivity contribution in [3.8, 4) is 11.5 Å². The van der Waals surface area contributed by atoms with Crippen LogP contribution < -0.4 is 10.5 Å². The molecule has 0 radical (unpaired) electrons. The molecule has 2 atom stereocenters. The highest BCUT2D eigenvalue weighted by Crippen LogP contribution is 2.57. The van der Waals surface area contributed by atoms with Gasteiger partial charge >= 0.3 is 0 Å². The van der Waals surface area contributed by atoms with Crippen molar-refractivity contribution in [3.05, 3.63) is 60.2 Å². The van der Waals surface area contributed by atoms with Crippen LogP contribution in [0.1, 0.15) is 25.3 Å². The van der Waals surface area contributed by atoms with Gasteiger partial charge in [0, 0.05) is 12.0 Å². The Labute approximate surface area is 114 Å². The van der Waals surface area contributed by atoms with E-state index in [1.807, 2.05) is 42.5 Å². The highest BCUT2D eigenvalue weighted by Gasteiger charge is 2.56. The first-order chi connectivity index (χ1) is 9.09. The summed E-state index contributed by atoms with van der Waals surface area (Å²) in [5, 5.41) is 0. The van der Waals surface area contributed by atoms with Crippen LogP contribution >= 0.6 is 0 Å². The van der Waals surface area contributed by atoms with Crippen LogP contribution in [0.4, 0.5) is 0 Å². The van der Waals surface area contributed by atoms with Gasteiger partial charge in [-0.05, 0) is 35.2 Å². The van der Waals surface area contributed by atoms with E-state index in [-0.39, 0.29) is 11.5 Å². The average Bonchev–Trinajstić information content (AvgIpc) is 2.90. The van der Waals surface area contributed by atoms with E-state index < -0.39 is 0 Å². The molecule has 1 saturated carbocycles. The molecule has 1 fully saturated rings. The van der Waals surface area contributed by atoms with Gasteiger partial charge in [-0.1, -0.05) is 44.2 Å². The van der Waals surface area contributed by atoms with Crippen molar-refractivity contribution in [2.24, 2.45) is 11.1 Å². The number of hydrogen-bond acceptors (Lipinski definition) is 2. The van der Waals surface area contributed by atoms with Crippen molar-refractivity contribution in [1.29, 1.82) is 0 Å². The lowest BCUT2D eigenvalue weighted by molar-refractivity contribution is 0.481. The van der Waals surface area contributed by atoms with Crippen LogP contribution in [0.5, 0.6) is 11.5 Å². The summed E-state index contributed by atoms with van der Waals surface area (Å²) in [5.41, 5.74) is 7.61. The third-order valence-electron chi connectivity index (χ3n) is 4.11. The molecule has 2 N–H and O–H groups in total. The first-order valence-corrected chi connectivity index (χ1v) is 6.67. The Balaban J connectivity index is 1.82. The quantitative estimate of drug-likeness (QED) is 0.899. The van der Waals surface area contributed by atoms with Gasteiger partial charge < -0.3 is 10.5 Å². The minimum absolute atomic E-state index is 0.200. The lowest BCUT2D eigenvalue weighted by atomic mass is 10.0. The summed E-state index contributed by atoms with van der Waals surface area (Å²) in [4.78, 5) is 0. The van der Waals surface area contributed by atoms with Gasteiger partial charge in [0.2, 0.25) is 0 Å². The lowest BCUT2D eigenvalue weighted by Gasteiger charge is -2.08. The van der Waals surface area contributed by atoms with Crippen LogP contribution in [-0.4, -0.2) is 6.04 Å². The summed E-state index contributed by atoms with van der Waals surface area (Å²) < 4.78 is 5.86. The maximum atomic E-state index is 6.14. The first kappa shape index (κ1) is 12.2. The predicted octanol–water partition coefficient (Wildman–Crippen LogP) is 3.93. The molecule has 0 unspecified atom stereocenters. The van der Waals surface area contributed by atoms with Gasteiger partial charge in [0.05, 0.1) is 0 Å². The molecule has 0 amide bonds. The Kier molecular flexibility index (Phi) is 2.83. The second-order valence-corrected chi connectivity index (χ2v) is 5.81. The fraction of sp³-hybridized carbons (Fsp3) is 0.294. The number of benzene rings is 2. The Bertz CT molecular complexity index is 577. The molecule has 0 spiro atoms. The highest BCUT2D eigenvalue weighted by molar-refractivity contribution is 5.40. The third-order valence-corrected chi connectivity index (χ3v) is 4.11. The normalized spacial score (nSPS) is 23.9. The zero-order chi connectivity index (χ0) is 13.5. The standard InChI is InChI=1S/C17H19NO/c1-17(2)15(16(17)18)12-7-6-10-14(11-12)19-13-8-4-3-5-9-13/h3-11,15-16H,18H2,1-2H3/t15-,16-/m1/s1. The maximum absolute atomic E-state index is 6.14. The second-order valence-electron chi connectivity index (χ2n) is 5.81. The smallest absolute Gasteiger partial charge is 0.127 e. The van der Waals surface area contributed by atoms with Crippen LogP contribution in [0.2, 0.25) is 0 Å². The molecule has 2 nitrogen and oxygen atoms in total. The Morgan fingerprint density at radius 2 is 1.58 bits per heavy atom. The summed E-state index contributed by atoms with van der Waals surface area (Å²) in [6.07, 6.45) is 0. The number of rotatable bonds is 3. The number of nitrogens with two attached hydrogens (primary N) is 1. The molecule has 0 heterocycles. The topological polar surface area (TPSA) is 35.2 Å². The highest BCUT2D eigenvalue weighted by atomic mass is 16.5. The zero-order valence-electron chi connectivity index (χ0n) is 11.3. The number of hydrogen-bond donors (Lipinski definition) is 1. The van der Waals surface area contributed by atoms with Crippen LogP contribution in [-0.2, 0) is 0 Å². The van der Waals surface area contributed by atoms with E-state index in [1.165, 1.54) is 5.56 Å². The Morgan fingerprint density at radius 3 is 2.21 bits per heavy atom. The SMILES string of the molecule is CC1(C)[C@H](N)[C@H]1c1cccc(Oc2ccccc2)c1. The summed E-state index contributed by atoms with van der Waals surface area (Å²) in [6.45, 7) is 4.43. The molecule has 2 aromatic carbocycles. The van der Waals surface area contributed by atoms with Gasteiger partial charge in [0.1, 0.15) is 11.5 Å². The Hall–Kier alpha value is -1.80. The Morgan fingerprint density at radius 1 is 0.947 bits per heavy atom. The number of para-hydroxylation sites is 1. The minimum Gasteiger partial charge on any atom is -0.457 e. The van der Waals surface area contributed by atoms with E-state index in [0.717, 1.165) is 11.5 Å². The van der Waals surface area contributed by atoms with Gasteiger partial charge in [-0.15, -0.1) is 0 Å². The molecule has 1 aliphatic carbocycles. The molecule has 2 heteroatoms. The molecule has 0 saturated heterocycles. The largest absolute Gasteiger partial charge is 0.457 e. The first-order valence-electron chi connectivity index (χ1n) is 6.67. The van der Waals surface area contributed by atoms with Crippen LogP contribution in [0.25, 0.3) is 0 Å². The van der Waals surface area contributed by atoms with Crippen molar-refractivity contribution in [2.45, 2.75) is 25.8 Å². The summed E-state index contributed by atoms with van der Waals surface area (Å²) in [6, 6.07) is 18.3. The molecule has 0 aromatic heterocycles. The molecular weight excluding hydrogens is 234 g/mol. The molecule has 19 heavy (non-hydrogen) atoms. The van der Waals surface area contributed by atoms with E-state index in [4.69, 9.17) is 10.5 Å². The minimum atomic E-state index is 0.200. The van der Waals surface area contributed by atoms with Gasteiger partial charge in [-0.3, -0.25) is 0 Å². The van der Waals surface area contributed by atoms with Gasteiger partial charge in [0.25, 0.3) is 0 Å². The third kappa shape index (κ3) is 2.24. The van der Waals surface area contributed by atoms with Crippen molar-refractivity contribution < 1.29 is 4.74 Å². The van der Waals surface area contributed by atoms with E-state index in [2.05, 4.69) is 26.0 Å². The molecule has 98 valence electrons. The van der Waals surface area contributed by atoms with Crippen LogP contribution in [0.15, 0.2) is 54.6 Å². The van der Waals surface area contributed by atoms with E-state index in [9.17, 15) is 0 Å². The zero-order valence-corrected chi connectivity index (χ0v) is 11.3. The van der Waals surface area contributed by atoms with Crippen molar-refractivity contribution in [2.75, 3.05) is 0 Å². The molecule has 1 aliphatic rings. The average molecular weight is 253 g/mol. The molecular formula is C17H19NO. The predicted molar refractivity (Wildman–Crippen MR) is 77.5 cm³/mol. The molecule has 0 aliphatic heterocycles. The van der Waals surface area contributed by atoms with E-state index in [1.54, 1.807) is 0 Å². The van der Waals surface area contributed by atoms with Crippen molar-refractivity contribution in [3.63, 3.8) is 0 Å². The fourth-order valence-electron chi connectivity index (χ4n) is 2.71. The van der Waals surface area contributed by atoms with E-state index >= 15 is 0 Å². The van der Waals surface area contributed by atoms with Crippen LogP contribution in [0, 0.1) is 5.41 Å². The van der Waals surface area contributed by atoms with Crippen molar-refractivity contribution >= 4 is 0 Å². The summed E-state index contributed by atoms with van der Waals surface area (Å²) in [5.74, 6) is 2.17. The van der Waals surface area contributed by atoms with E-state index in [0.29, 0.717) is 5.92 Å².